The third-order valence-corrected chi connectivity index (χ3v) is 0.560. The van der Waals surface area contributed by atoms with E-state index in [2.05, 4.69) is 9.47 Å². The van der Waals surface area contributed by atoms with Crippen LogP contribution in [0.15, 0.2) is 12.0 Å². The normalized spacial score (nSPS) is 23.2. The van der Waals surface area contributed by atoms with Gasteiger partial charge in [-0.05, 0) is 0 Å². The molecule has 2 nitrogen and oxygen atoms in total. The molecule has 0 unspecified atom stereocenters. The van der Waals surface area contributed by atoms with Crippen LogP contribution in [0, 0.1) is 0 Å². The molecule has 0 aromatic carbocycles. The van der Waals surface area contributed by atoms with Gasteiger partial charge in [0.05, 0.1) is 7.11 Å². The van der Waals surface area contributed by atoms with Gasteiger partial charge in [-0.15, -0.1) is 0 Å². The summed E-state index contributed by atoms with van der Waals surface area (Å²) >= 11 is 0. The van der Waals surface area contributed by atoms with Crippen LogP contribution in [0.1, 0.15) is 0 Å². The third kappa shape index (κ3) is 0.641. The summed E-state index contributed by atoms with van der Waals surface area (Å²) in [5.41, 5.74) is 0. The number of methoxy groups -OCH3 is 1. The summed E-state index contributed by atoms with van der Waals surface area (Å²) in [4.78, 5) is 0. The first-order valence-corrected chi connectivity index (χ1v) is 1.78. The summed E-state index contributed by atoms with van der Waals surface area (Å²) in [6.07, 6.45) is 1.60. The standard InChI is InChI=1S/C4H6O2/c1-5-2-4-3-6-4/h2H,3H2,1H3/b4-2+. The van der Waals surface area contributed by atoms with Gasteiger partial charge in [0, 0.05) is 0 Å². The Morgan fingerprint density at radius 3 is 2.83 bits per heavy atom. The van der Waals surface area contributed by atoms with Gasteiger partial charge in [0.25, 0.3) is 0 Å². The van der Waals surface area contributed by atoms with Crippen LogP contribution >= 0.6 is 0 Å². The third-order valence-electron chi connectivity index (χ3n) is 0.560. The maximum absolute atomic E-state index is 4.69. The predicted molar refractivity (Wildman–Crippen MR) is 21.0 cm³/mol. The van der Waals surface area contributed by atoms with Crippen LogP contribution in [0.4, 0.5) is 0 Å². The predicted octanol–water partition coefficient (Wildman–Crippen LogP) is 0.504. The molecule has 1 aliphatic heterocycles. The van der Waals surface area contributed by atoms with Gasteiger partial charge in [0.15, 0.2) is 5.76 Å². The topological polar surface area (TPSA) is 21.8 Å². The van der Waals surface area contributed by atoms with E-state index in [4.69, 9.17) is 0 Å². The quantitative estimate of drug-likeness (QED) is 0.342. The molecular formula is C4H6O2. The molecule has 0 spiro atoms. The van der Waals surface area contributed by atoms with Crippen molar-refractivity contribution in [3.05, 3.63) is 12.0 Å². The maximum atomic E-state index is 4.69. The van der Waals surface area contributed by atoms with Crippen molar-refractivity contribution in [2.75, 3.05) is 13.7 Å². The van der Waals surface area contributed by atoms with Crippen molar-refractivity contribution in [2.24, 2.45) is 0 Å². The molecule has 0 bridgehead atoms. The van der Waals surface area contributed by atoms with Crippen molar-refractivity contribution in [1.29, 1.82) is 0 Å². The van der Waals surface area contributed by atoms with Crippen LogP contribution in [0.25, 0.3) is 0 Å². The second kappa shape index (κ2) is 1.20. The van der Waals surface area contributed by atoms with Gasteiger partial charge in [-0.2, -0.15) is 0 Å². The Bertz CT molecular complexity index is 69.6. The van der Waals surface area contributed by atoms with E-state index in [1.165, 1.54) is 0 Å². The molecule has 0 amide bonds. The second-order valence-electron chi connectivity index (χ2n) is 1.11. The Morgan fingerprint density at radius 1 is 2.00 bits per heavy atom. The monoisotopic (exact) mass is 86.0 g/mol. The molecule has 1 heterocycles. The van der Waals surface area contributed by atoms with Gasteiger partial charge >= 0.3 is 0 Å². The minimum Gasteiger partial charge on any atom is -0.501 e. The molecule has 6 heavy (non-hydrogen) atoms. The largest absolute Gasteiger partial charge is 0.501 e. The molecule has 34 valence electrons. The molecule has 1 fully saturated rings. The van der Waals surface area contributed by atoms with E-state index in [1.54, 1.807) is 13.4 Å². The van der Waals surface area contributed by atoms with Gasteiger partial charge in [-0.25, -0.2) is 0 Å². The van der Waals surface area contributed by atoms with E-state index in [9.17, 15) is 0 Å². The van der Waals surface area contributed by atoms with Crippen LogP contribution in [0.2, 0.25) is 0 Å². The molecule has 0 radical (unpaired) electrons. The lowest BCUT2D eigenvalue weighted by atomic mass is 10.7. The van der Waals surface area contributed by atoms with Crippen molar-refractivity contribution in [1.82, 2.24) is 0 Å². The molecule has 0 aromatic rings. The Kier molecular flexibility index (Phi) is 0.708. The molecule has 1 saturated heterocycles. The molecule has 0 saturated carbocycles. The van der Waals surface area contributed by atoms with Crippen LogP contribution in [0.5, 0.6) is 0 Å². The Labute approximate surface area is 36.4 Å². The lowest BCUT2D eigenvalue weighted by molar-refractivity contribution is 0.328. The number of hydrogen-bond donors (Lipinski definition) is 0. The zero-order valence-corrected chi connectivity index (χ0v) is 3.60. The van der Waals surface area contributed by atoms with Crippen molar-refractivity contribution >= 4 is 0 Å². The van der Waals surface area contributed by atoms with Crippen LogP contribution < -0.4 is 0 Å². The fraction of sp³-hybridized carbons (Fsp3) is 0.500. The lowest BCUT2D eigenvalue weighted by Gasteiger charge is -1.75. The maximum Gasteiger partial charge on any atom is 0.168 e. The van der Waals surface area contributed by atoms with Gasteiger partial charge in [0.2, 0.25) is 0 Å². The first kappa shape index (κ1) is 3.53. The van der Waals surface area contributed by atoms with E-state index >= 15 is 0 Å². The van der Waals surface area contributed by atoms with Crippen molar-refractivity contribution in [2.45, 2.75) is 0 Å². The smallest absolute Gasteiger partial charge is 0.168 e. The van der Waals surface area contributed by atoms with Gasteiger partial charge in [-0.3, -0.25) is 0 Å². The molecule has 0 aliphatic carbocycles. The lowest BCUT2D eigenvalue weighted by Crippen LogP contribution is -1.60. The van der Waals surface area contributed by atoms with Crippen LogP contribution in [-0.4, -0.2) is 13.7 Å². The van der Waals surface area contributed by atoms with E-state index in [0.29, 0.717) is 0 Å². The highest BCUT2D eigenvalue weighted by molar-refractivity contribution is 4.99. The number of hydrogen-bond acceptors (Lipinski definition) is 2. The highest BCUT2D eigenvalue weighted by atomic mass is 16.6. The van der Waals surface area contributed by atoms with E-state index in [0.717, 1.165) is 12.4 Å². The van der Waals surface area contributed by atoms with E-state index in [1.807, 2.05) is 0 Å². The number of epoxide rings is 1. The fourth-order valence-corrected chi connectivity index (χ4v) is 0.241. The van der Waals surface area contributed by atoms with E-state index < -0.39 is 0 Å². The summed E-state index contributed by atoms with van der Waals surface area (Å²) in [5, 5.41) is 0. The minimum atomic E-state index is 0.758. The summed E-state index contributed by atoms with van der Waals surface area (Å²) in [7, 11) is 1.61. The zero-order valence-electron chi connectivity index (χ0n) is 3.60. The van der Waals surface area contributed by atoms with Crippen LogP contribution in [-0.2, 0) is 9.47 Å². The zero-order chi connectivity index (χ0) is 4.41. The first-order valence-electron chi connectivity index (χ1n) is 1.78. The average molecular weight is 86.1 g/mol. The van der Waals surface area contributed by atoms with Gasteiger partial charge in [-0.1, -0.05) is 0 Å². The summed E-state index contributed by atoms with van der Waals surface area (Å²) in [5.74, 6) is 0.942. The van der Waals surface area contributed by atoms with Gasteiger partial charge < -0.3 is 9.47 Å². The van der Waals surface area contributed by atoms with Crippen molar-refractivity contribution < 1.29 is 9.47 Å². The van der Waals surface area contributed by atoms with Crippen molar-refractivity contribution in [3.63, 3.8) is 0 Å². The Hall–Kier alpha value is -0.660. The first-order chi connectivity index (χ1) is 2.93. The minimum absolute atomic E-state index is 0.758. The summed E-state index contributed by atoms with van der Waals surface area (Å²) in [6, 6.07) is 0. The van der Waals surface area contributed by atoms with Crippen LogP contribution in [0.3, 0.4) is 0 Å². The van der Waals surface area contributed by atoms with Crippen molar-refractivity contribution in [3.8, 4) is 0 Å². The Morgan fingerprint density at radius 2 is 2.67 bits per heavy atom. The Balaban J connectivity index is 2.24. The SMILES string of the molecule is CO/C=C1\CO1. The molecule has 0 aromatic heterocycles. The summed E-state index contributed by atoms with van der Waals surface area (Å²) in [6.45, 7) is 0.758. The number of rotatable bonds is 1. The number of ether oxygens (including phenoxy) is 2. The molecule has 0 atom stereocenters. The highest BCUT2D eigenvalue weighted by Gasteiger charge is 2.11. The molecule has 1 rings (SSSR count). The highest BCUT2D eigenvalue weighted by Crippen LogP contribution is 2.12. The summed E-state index contributed by atoms with van der Waals surface area (Å²) < 4.78 is 9.26. The average Bonchev–Trinajstić information content (AvgIpc) is 2.21. The van der Waals surface area contributed by atoms with Gasteiger partial charge in [0.1, 0.15) is 12.9 Å². The van der Waals surface area contributed by atoms with E-state index in [-0.39, 0.29) is 0 Å². The molecular weight excluding hydrogens is 80.0 g/mol. The fourth-order valence-electron chi connectivity index (χ4n) is 0.241. The second-order valence-corrected chi connectivity index (χ2v) is 1.11. The molecule has 1 aliphatic rings. The molecule has 2 heteroatoms. The molecule has 0 N–H and O–H groups in total.